The Labute approximate surface area is 156 Å². The number of anilines is 1. The van der Waals surface area contributed by atoms with Crippen molar-refractivity contribution < 1.29 is 23.7 Å². The fourth-order valence-electron chi connectivity index (χ4n) is 2.56. The van der Waals surface area contributed by atoms with Crippen LogP contribution in [-0.4, -0.2) is 26.4 Å². The lowest BCUT2D eigenvalue weighted by Gasteiger charge is -2.09. The Bertz CT molecular complexity index is 930. The number of hydrogen-bond acceptors (Lipinski definition) is 6. The van der Waals surface area contributed by atoms with Crippen molar-refractivity contribution in [2.75, 3.05) is 25.8 Å². The molecular formula is C20H18N2O5. The van der Waals surface area contributed by atoms with Crippen LogP contribution in [0.25, 0.3) is 6.08 Å². The van der Waals surface area contributed by atoms with E-state index < -0.39 is 5.91 Å². The fraction of sp³-hybridized carbons (Fsp3) is 0.200. The van der Waals surface area contributed by atoms with Crippen molar-refractivity contribution in [3.05, 3.63) is 47.5 Å². The largest absolute Gasteiger partial charge is 0.496 e. The predicted octanol–water partition coefficient (Wildman–Crippen LogP) is 3.37. The third kappa shape index (κ3) is 4.12. The standard InChI is InChI=1S/C20H18N2O5/c1-3-25-16-6-4-5-15(9-16)22-20(23)14(11-21)7-13-8-18-19(27-12-26-18)10-17(13)24-2/h4-10H,3,12H2,1-2H3,(H,22,23)/b14-7+. The Morgan fingerprint density at radius 2 is 2.07 bits per heavy atom. The van der Waals surface area contributed by atoms with Gasteiger partial charge in [-0.15, -0.1) is 0 Å². The number of carbonyl (C=O) groups is 1. The number of methoxy groups -OCH3 is 1. The van der Waals surface area contributed by atoms with Crippen molar-refractivity contribution in [3.63, 3.8) is 0 Å². The fourth-order valence-corrected chi connectivity index (χ4v) is 2.56. The number of nitriles is 1. The second-order valence-electron chi connectivity index (χ2n) is 5.53. The first-order chi connectivity index (χ1) is 13.1. The lowest BCUT2D eigenvalue weighted by Crippen LogP contribution is -2.13. The number of hydrogen-bond donors (Lipinski definition) is 1. The second-order valence-corrected chi connectivity index (χ2v) is 5.53. The van der Waals surface area contributed by atoms with Crippen LogP contribution in [0.5, 0.6) is 23.0 Å². The van der Waals surface area contributed by atoms with Gasteiger partial charge in [-0.3, -0.25) is 4.79 Å². The van der Waals surface area contributed by atoms with Crippen LogP contribution in [0.1, 0.15) is 12.5 Å². The lowest BCUT2D eigenvalue weighted by molar-refractivity contribution is -0.112. The number of ether oxygens (including phenoxy) is 4. The summed E-state index contributed by atoms with van der Waals surface area (Å²) in [6.45, 7) is 2.51. The number of amides is 1. The number of benzene rings is 2. The van der Waals surface area contributed by atoms with Gasteiger partial charge in [0, 0.05) is 23.4 Å². The normalized spacial score (nSPS) is 12.3. The van der Waals surface area contributed by atoms with Crippen LogP contribution in [-0.2, 0) is 4.79 Å². The summed E-state index contributed by atoms with van der Waals surface area (Å²) in [4.78, 5) is 12.5. The molecule has 7 nitrogen and oxygen atoms in total. The minimum Gasteiger partial charge on any atom is -0.496 e. The molecule has 0 fully saturated rings. The molecule has 0 spiro atoms. The minimum absolute atomic E-state index is 0.0750. The Morgan fingerprint density at radius 3 is 2.78 bits per heavy atom. The molecule has 27 heavy (non-hydrogen) atoms. The molecule has 0 aliphatic carbocycles. The molecule has 0 saturated carbocycles. The van der Waals surface area contributed by atoms with E-state index in [1.807, 2.05) is 13.0 Å². The van der Waals surface area contributed by atoms with Crippen LogP contribution in [0.3, 0.4) is 0 Å². The zero-order chi connectivity index (χ0) is 19.2. The molecule has 0 bridgehead atoms. The van der Waals surface area contributed by atoms with E-state index >= 15 is 0 Å². The number of fused-ring (bicyclic) bond motifs is 1. The van der Waals surface area contributed by atoms with Crippen LogP contribution >= 0.6 is 0 Å². The molecule has 0 radical (unpaired) electrons. The number of nitrogens with zero attached hydrogens (tertiary/aromatic N) is 1. The molecule has 1 amide bonds. The SMILES string of the molecule is CCOc1cccc(NC(=O)/C(C#N)=C/c2cc3c(cc2OC)OCO3)c1. The average Bonchev–Trinajstić information content (AvgIpc) is 3.13. The summed E-state index contributed by atoms with van der Waals surface area (Å²) in [6.07, 6.45) is 1.45. The average molecular weight is 366 g/mol. The Hall–Kier alpha value is -3.66. The highest BCUT2D eigenvalue weighted by Crippen LogP contribution is 2.38. The highest BCUT2D eigenvalue weighted by molar-refractivity contribution is 6.10. The number of carbonyl (C=O) groups excluding carboxylic acids is 1. The third-order valence-corrected chi connectivity index (χ3v) is 3.79. The van der Waals surface area contributed by atoms with Gasteiger partial charge >= 0.3 is 0 Å². The minimum atomic E-state index is -0.536. The summed E-state index contributed by atoms with van der Waals surface area (Å²) >= 11 is 0. The van der Waals surface area contributed by atoms with Crippen molar-refractivity contribution in [3.8, 4) is 29.1 Å². The van der Waals surface area contributed by atoms with Crippen molar-refractivity contribution in [2.24, 2.45) is 0 Å². The molecule has 0 unspecified atom stereocenters. The third-order valence-electron chi connectivity index (χ3n) is 3.79. The Morgan fingerprint density at radius 1 is 1.30 bits per heavy atom. The van der Waals surface area contributed by atoms with Crippen molar-refractivity contribution >= 4 is 17.7 Å². The highest BCUT2D eigenvalue weighted by Gasteiger charge is 2.18. The zero-order valence-electron chi connectivity index (χ0n) is 14.9. The van der Waals surface area contributed by atoms with Gasteiger partial charge in [-0.25, -0.2) is 0 Å². The van der Waals surface area contributed by atoms with E-state index in [9.17, 15) is 10.1 Å². The molecule has 3 rings (SSSR count). The molecule has 7 heteroatoms. The van der Waals surface area contributed by atoms with E-state index in [1.165, 1.54) is 13.2 Å². The van der Waals surface area contributed by atoms with E-state index in [1.54, 1.807) is 36.4 Å². The maximum absolute atomic E-state index is 12.5. The summed E-state index contributed by atoms with van der Waals surface area (Å²) in [7, 11) is 1.50. The monoisotopic (exact) mass is 366 g/mol. The van der Waals surface area contributed by atoms with E-state index in [4.69, 9.17) is 18.9 Å². The summed E-state index contributed by atoms with van der Waals surface area (Å²) in [6, 6.07) is 12.2. The predicted molar refractivity (Wildman–Crippen MR) is 98.9 cm³/mol. The molecule has 138 valence electrons. The molecule has 1 aliphatic rings. The van der Waals surface area contributed by atoms with Crippen LogP contribution in [0.4, 0.5) is 5.69 Å². The van der Waals surface area contributed by atoms with Gasteiger partial charge in [0.25, 0.3) is 5.91 Å². The molecule has 0 atom stereocenters. The molecule has 2 aromatic rings. The first-order valence-electron chi connectivity index (χ1n) is 8.28. The van der Waals surface area contributed by atoms with Gasteiger partial charge in [0.05, 0.1) is 13.7 Å². The quantitative estimate of drug-likeness (QED) is 0.623. The van der Waals surface area contributed by atoms with E-state index in [-0.39, 0.29) is 12.4 Å². The van der Waals surface area contributed by atoms with Crippen molar-refractivity contribution in [1.82, 2.24) is 0 Å². The smallest absolute Gasteiger partial charge is 0.266 e. The van der Waals surface area contributed by atoms with Gasteiger partial charge in [0.15, 0.2) is 11.5 Å². The molecule has 1 N–H and O–H groups in total. The van der Waals surface area contributed by atoms with Crippen molar-refractivity contribution in [1.29, 1.82) is 5.26 Å². The first-order valence-corrected chi connectivity index (χ1v) is 8.28. The second kappa shape index (κ2) is 8.15. The van der Waals surface area contributed by atoms with Crippen LogP contribution in [0, 0.1) is 11.3 Å². The van der Waals surface area contributed by atoms with Gasteiger partial charge in [0.1, 0.15) is 23.1 Å². The number of rotatable bonds is 6. The zero-order valence-corrected chi connectivity index (χ0v) is 14.9. The molecule has 0 aromatic heterocycles. The Kier molecular flexibility index (Phi) is 5.47. The first kappa shape index (κ1) is 18.1. The summed E-state index contributed by atoms with van der Waals surface area (Å²) in [5.41, 5.74) is 0.996. The molecular weight excluding hydrogens is 348 g/mol. The lowest BCUT2D eigenvalue weighted by atomic mass is 10.1. The summed E-state index contributed by atoms with van der Waals surface area (Å²) in [5.74, 6) is 1.66. The van der Waals surface area contributed by atoms with E-state index in [0.29, 0.717) is 40.9 Å². The van der Waals surface area contributed by atoms with Gasteiger partial charge in [-0.1, -0.05) is 6.07 Å². The maximum Gasteiger partial charge on any atom is 0.266 e. The topological polar surface area (TPSA) is 89.8 Å². The van der Waals surface area contributed by atoms with Gasteiger partial charge in [0.2, 0.25) is 6.79 Å². The van der Waals surface area contributed by atoms with Crippen LogP contribution in [0.2, 0.25) is 0 Å². The van der Waals surface area contributed by atoms with Crippen LogP contribution < -0.4 is 24.3 Å². The molecule has 1 heterocycles. The molecule has 2 aromatic carbocycles. The molecule has 0 saturated heterocycles. The van der Waals surface area contributed by atoms with Gasteiger partial charge in [-0.05, 0) is 31.2 Å². The summed E-state index contributed by atoms with van der Waals surface area (Å²) in [5, 5.41) is 12.1. The van der Waals surface area contributed by atoms with Gasteiger partial charge < -0.3 is 24.3 Å². The van der Waals surface area contributed by atoms with Gasteiger partial charge in [-0.2, -0.15) is 5.26 Å². The number of nitrogens with one attached hydrogen (secondary N) is 1. The van der Waals surface area contributed by atoms with Crippen molar-refractivity contribution in [2.45, 2.75) is 6.92 Å². The highest BCUT2D eigenvalue weighted by atomic mass is 16.7. The molecule has 1 aliphatic heterocycles. The van der Waals surface area contributed by atoms with Crippen LogP contribution in [0.15, 0.2) is 42.0 Å². The Balaban J connectivity index is 1.85. The van der Waals surface area contributed by atoms with E-state index in [2.05, 4.69) is 5.32 Å². The maximum atomic E-state index is 12.5. The summed E-state index contributed by atoms with van der Waals surface area (Å²) < 4.78 is 21.4. The van der Waals surface area contributed by atoms with E-state index in [0.717, 1.165) is 0 Å².